The molecule has 0 saturated carbocycles. The van der Waals surface area contributed by atoms with E-state index in [1.807, 2.05) is 16.8 Å². The number of likely N-dealkylation sites (tertiary alicyclic amines) is 1. The van der Waals surface area contributed by atoms with Crippen LogP contribution in [0.25, 0.3) is 0 Å². The van der Waals surface area contributed by atoms with Crippen molar-refractivity contribution in [3.8, 4) is 0 Å². The van der Waals surface area contributed by atoms with Crippen molar-refractivity contribution >= 4 is 17.2 Å². The van der Waals surface area contributed by atoms with Gasteiger partial charge in [-0.05, 0) is 50.4 Å². The number of imidazole rings is 1. The lowest BCUT2D eigenvalue weighted by Gasteiger charge is -2.24. The third-order valence-electron chi connectivity index (χ3n) is 4.75. The first-order valence-corrected chi connectivity index (χ1v) is 10.0. The highest BCUT2D eigenvalue weighted by atomic mass is 32.1. The second-order valence-corrected chi connectivity index (χ2v) is 8.25. The van der Waals surface area contributed by atoms with Crippen LogP contribution in [-0.2, 0) is 6.54 Å². The molecular formula is C19H28N4OS. The highest BCUT2D eigenvalue weighted by Crippen LogP contribution is 2.36. The number of aromatic nitrogens is 2. The van der Waals surface area contributed by atoms with Gasteiger partial charge in [0.15, 0.2) is 0 Å². The van der Waals surface area contributed by atoms with Gasteiger partial charge in [-0.25, -0.2) is 4.98 Å². The summed E-state index contributed by atoms with van der Waals surface area (Å²) >= 11 is 1.65. The molecule has 1 aliphatic heterocycles. The maximum absolute atomic E-state index is 12.4. The number of rotatable bonds is 8. The SMILES string of the molecule is CC(C)CCN1CCCC1c1ccc(C(=O)NCCn2ccnc2)s1. The molecule has 1 unspecified atom stereocenters. The minimum Gasteiger partial charge on any atom is -0.350 e. The minimum atomic E-state index is 0.0306. The van der Waals surface area contributed by atoms with Crippen molar-refractivity contribution in [2.75, 3.05) is 19.6 Å². The quantitative estimate of drug-likeness (QED) is 0.783. The van der Waals surface area contributed by atoms with Gasteiger partial charge in [0.2, 0.25) is 0 Å². The second-order valence-electron chi connectivity index (χ2n) is 7.13. The fourth-order valence-corrected chi connectivity index (χ4v) is 4.39. The Morgan fingerprint density at radius 1 is 1.40 bits per heavy atom. The molecule has 6 heteroatoms. The number of thiophene rings is 1. The average molecular weight is 361 g/mol. The minimum absolute atomic E-state index is 0.0306. The predicted octanol–water partition coefficient (Wildman–Crippen LogP) is 3.56. The molecule has 2 aromatic rings. The van der Waals surface area contributed by atoms with E-state index in [0.29, 0.717) is 12.6 Å². The average Bonchev–Trinajstić information content (AvgIpc) is 3.33. The molecule has 1 atom stereocenters. The van der Waals surface area contributed by atoms with E-state index in [9.17, 15) is 4.79 Å². The summed E-state index contributed by atoms with van der Waals surface area (Å²) in [6.07, 6.45) is 9.12. The molecule has 5 nitrogen and oxygen atoms in total. The third-order valence-corrected chi connectivity index (χ3v) is 5.94. The van der Waals surface area contributed by atoms with Crippen LogP contribution >= 0.6 is 11.3 Å². The summed E-state index contributed by atoms with van der Waals surface area (Å²) in [5.41, 5.74) is 0. The van der Waals surface area contributed by atoms with E-state index < -0.39 is 0 Å². The number of carbonyl (C=O) groups is 1. The molecular weight excluding hydrogens is 332 g/mol. The third kappa shape index (κ3) is 4.92. The molecule has 1 amide bonds. The summed E-state index contributed by atoms with van der Waals surface area (Å²) in [7, 11) is 0. The Hall–Kier alpha value is -1.66. The molecule has 1 saturated heterocycles. The van der Waals surface area contributed by atoms with E-state index in [4.69, 9.17) is 0 Å². The van der Waals surface area contributed by atoms with E-state index in [2.05, 4.69) is 35.1 Å². The van der Waals surface area contributed by atoms with Gasteiger partial charge in [-0.3, -0.25) is 9.69 Å². The van der Waals surface area contributed by atoms with Crippen LogP contribution in [0.1, 0.15) is 53.7 Å². The Morgan fingerprint density at radius 2 is 2.28 bits per heavy atom. The Bertz CT molecular complexity index is 665. The second kappa shape index (κ2) is 8.63. The number of nitrogens with zero attached hydrogens (tertiary/aromatic N) is 3. The van der Waals surface area contributed by atoms with Gasteiger partial charge in [0.25, 0.3) is 5.91 Å². The number of hydrogen-bond acceptors (Lipinski definition) is 4. The van der Waals surface area contributed by atoms with Crippen LogP contribution < -0.4 is 5.32 Å². The Labute approximate surface area is 154 Å². The maximum atomic E-state index is 12.4. The van der Waals surface area contributed by atoms with Gasteiger partial charge in [0.05, 0.1) is 11.2 Å². The van der Waals surface area contributed by atoms with Crippen molar-refractivity contribution in [1.29, 1.82) is 0 Å². The fraction of sp³-hybridized carbons (Fsp3) is 0.579. The molecule has 1 fully saturated rings. The van der Waals surface area contributed by atoms with Crippen molar-refractivity contribution in [2.45, 2.75) is 45.7 Å². The summed E-state index contributed by atoms with van der Waals surface area (Å²) in [4.78, 5) is 21.1. The van der Waals surface area contributed by atoms with E-state index in [1.54, 1.807) is 23.9 Å². The summed E-state index contributed by atoms with van der Waals surface area (Å²) in [6.45, 7) is 8.27. The van der Waals surface area contributed by atoms with Crippen LogP contribution in [0.15, 0.2) is 30.9 Å². The normalized spacial score (nSPS) is 18.1. The van der Waals surface area contributed by atoms with E-state index in [1.165, 1.54) is 30.7 Å². The Kier molecular flexibility index (Phi) is 6.26. The van der Waals surface area contributed by atoms with Crippen LogP contribution in [0.3, 0.4) is 0 Å². The first kappa shape index (κ1) is 18.1. The van der Waals surface area contributed by atoms with Crippen molar-refractivity contribution in [3.05, 3.63) is 40.6 Å². The van der Waals surface area contributed by atoms with Crippen molar-refractivity contribution in [1.82, 2.24) is 19.8 Å². The van der Waals surface area contributed by atoms with Gasteiger partial charge in [-0.2, -0.15) is 0 Å². The maximum Gasteiger partial charge on any atom is 0.261 e. The standard InChI is InChI=1S/C19H28N4OS/c1-15(2)7-11-23-10-3-4-16(23)17-5-6-18(25-17)19(24)21-9-13-22-12-8-20-14-22/h5-6,8,12,14-16H,3-4,7,9-11,13H2,1-2H3,(H,21,24). The van der Waals surface area contributed by atoms with Crippen LogP contribution in [-0.4, -0.2) is 40.0 Å². The summed E-state index contributed by atoms with van der Waals surface area (Å²) in [6, 6.07) is 4.62. The lowest BCUT2D eigenvalue weighted by atomic mass is 10.1. The van der Waals surface area contributed by atoms with Crippen LogP contribution in [0.2, 0.25) is 0 Å². The zero-order chi connectivity index (χ0) is 17.6. The lowest BCUT2D eigenvalue weighted by molar-refractivity contribution is 0.0956. The zero-order valence-electron chi connectivity index (χ0n) is 15.1. The monoisotopic (exact) mass is 360 g/mol. The van der Waals surface area contributed by atoms with Crippen LogP contribution in [0.5, 0.6) is 0 Å². The molecule has 25 heavy (non-hydrogen) atoms. The van der Waals surface area contributed by atoms with Gasteiger partial charge in [0.1, 0.15) is 0 Å². The molecule has 2 aromatic heterocycles. The molecule has 1 aliphatic rings. The topological polar surface area (TPSA) is 50.2 Å². The van der Waals surface area contributed by atoms with E-state index in [-0.39, 0.29) is 5.91 Å². The summed E-state index contributed by atoms with van der Waals surface area (Å²) in [5.74, 6) is 0.768. The zero-order valence-corrected chi connectivity index (χ0v) is 16.0. The summed E-state index contributed by atoms with van der Waals surface area (Å²) in [5, 5.41) is 3.00. The van der Waals surface area contributed by atoms with Gasteiger partial charge in [-0.1, -0.05) is 13.8 Å². The number of carbonyl (C=O) groups excluding carboxylic acids is 1. The molecule has 3 heterocycles. The van der Waals surface area contributed by atoms with Gasteiger partial charge in [-0.15, -0.1) is 11.3 Å². The van der Waals surface area contributed by atoms with Crippen molar-refractivity contribution in [2.24, 2.45) is 5.92 Å². The van der Waals surface area contributed by atoms with E-state index in [0.717, 1.165) is 23.9 Å². The van der Waals surface area contributed by atoms with Crippen molar-refractivity contribution < 1.29 is 4.79 Å². The van der Waals surface area contributed by atoms with Gasteiger partial charge >= 0.3 is 0 Å². The van der Waals surface area contributed by atoms with Crippen LogP contribution in [0, 0.1) is 5.92 Å². The molecule has 3 rings (SSSR count). The smallest absolute Gasteiger partial charge is 0.261 e. The van der Waals surface area contributed by atoms with E-state index >= 15 is 0 Å². The Balaban J connectivity index is 1.53. The highest BCUT2D eigenvalue weighted by molar-refractivity contribution is 7.14. The molecule has 0 radical (unpaired) electrons. The first-order valence-electron chi connectivity index (χ1n) is 9.21. The van der Waals surface area contributed by atoms with Gasteiger partial charge in [0, 0.05) is 36.4 Å². The molecule has 1 N–H and O–H groups in total. The molecule has 0 aliphatic carbocycles. The van der Waals surface area contributed by atoms with Crippen LogP contribution in [0.4, 0.5) is 0 Å². The van der Waals surface area contributed by atoms with Gasteiger partial charge < -0.3 is 9.88 Å². The largest absolute Gasteiger partial charge is 0.350 e. The fourth-order valence-electron chi connectivity index (χ4n) is 3.30. The first-order chi connectivity index (χ1) is 12.1. The summed E-state index contributed by atoms with van der Waals surface area (Å²) < 4.78 is 1.96. The molecule has 0 spiro atoms. The lowest BCUT2D eigenvalue weighted by Crippen LogP contribution is -2.26. The molecule has 0 aromatic carbocycles. The predicted molar refractivity (Wildman–Crippen MR) is 102 cm³/mol. The highest BCUT2D eigenvalue weighted by Gasteiger charge is 2.27. The number of nitrogens with one attached hydrogen (secondary N) is 1. The van der Waals surface area contributed by atoms with Crippen molar-refractivity contribution in [3.63, 3.8) is 0 Å². The molecule has 136 valence electrons. The number of amides is 1. The molecule has 0 bridgehead atoms. The Morgan fingerprint density at radius 3 is 3.04 bits per heavy atom. The number of hydrogen-bond donors (Lipinski definition) is 1.